The number of hydrogen-bond acceptors (Lipinski definition) is 3. The Morgan fingerprint density at radius 2 is 2.07 bits per heavy atom. The van der Waals surface area contributed by atoms with Crippen molar-refractivity contribution in [2.45, 2.75) is 6.92 Å². The first kappa shape index (κ1) is 9.98. The zero-order valence-corrected chi connectivity index (χ0v) is 8.96. The van der Waals surface area contributed by atoms with E-state index < -0.39 is 0 Å². The van der Waals surface area contributed by atoms with Gasteiger partial charge in [0.05, 0.1) is 10.7 Å². The highest BCUT2D eigenvalue weighted by Crippen LogP contribution is 2.26. The van der Waals surface area contributed by atoms with Crippen LogP contribution in [-0.4, -0.2) is 9.97 Å². The van der Waals surface area contributed by atoms with Crippen LogP contribution in [0.1, 0.15) is 11.8 Å². The second kappa shape index (κ2) is 4.31. The fraction of sp³-hybridized carbons (Fsp3) is 0.0909. The monoisotopic (exact) mass is 220 g/mol. The first-order valence-corrected chi connectivity index (χ1v) is 5.28. The summed E-state index contributed by atoms with van der Waals surface area (Å²) >= 11 is 1.47. The van der Waals surface area contributed by atoms with Crippen molar-refractivity contribution in [1.82, 2.24) is 9.97 Å². The fourth-order valence-electron chi connectivity index (χ4n) is 1.17. The van der Waals surface area contributed by atoms with Gasteiger partial charge in [-0.2, -0.15) is 0 Å². The predicted octanol–water partition coefficient (Wildman–Crippen LogP) is 3.54. The van der Waals surface area contributed by atoms with Crippen LogP contribution in [0.2, 0.25) is 0 Å². The van der Waals surface area contributed by atoms with Crippen LogP contribution >= 0.6 is 11.3 Å². The molecule has 76 valence electrons. The third-order valence-electron chi connectivity index (χ3n) is 1.75. The molecule has 0 aliphatic heterocycles. The van der Waals surface area contributed by atoms with Crippen LogP contribution in [0.5, 0.6) is 0 Å². The largest absolute Gasteiger partial charge is 0.236 e. The lowest BCUT2D eigenvalue weighted by Gasteiger charge is -1.91. The van der Waals surface area contributed by atoms with E-state index in [1.54, 1.807) is 18.5 Å². The van der Waals surface area contributed by atoms with Crippen LogP contribution in [0.25, 0.3) is 16.8 Å². The van der Waals surface area contributed by atoms with Gasteiger partial charge < -0.3 is 0 Å². The summed E-state index contributed by atoms with van der Waals surface area (Å²) in [6, 6.07) is 5.53. The number of hydrogen-bond donors (Lipinski definition) is 0. The highest BCUT2D eigenvalue weighted by atomic mass is 32.1. The van der Waals surface area contributed by atoms with Gasteiger partial charge in [0.25, 0.3) is 0 Å². The second-order valence-corrected chi connectivity index (χ2v) is 4.12. The normalized spacial score (nSPS) is 11.7. The molecule has 0 saturated heterocycles. The molecule has 0 atom stereocenters. The van der Waals surface area contributed by atoms with E-state index in [-0.39, 0.29) is 5.83 Å². The first-order valence-electron chi connectivity index (χ1n) is 4.47. The molecular weight excluding hydrogens is 211 g/mol. The molecule has 0 amide bonds. The number of halogens is 1. The van der Waals surface area contributed by atoms with Gasteiger partial charge in [-0.3, -0.25) is 0 Å². The van der Waals surface area contributed by atoms with Crippen LogP contribution in [0.3, 0.4) is 0 Å². The molecular formula is C11H9FN2S. The van der Waals surface area contributed by atoms with Gasteiger partial charge in [0.15, 0.2) is 5.82 Å². The molecule has 4 heteroatoms. The molecule has 2 heterocycles. The summed E-state index contributed by atoms with van der Waals surface area (Å²) in [5, 5.41) is 0. The topological polar surface area (TPSA) is 25.8 Å². The maximum Gasteiger partial charge on any atom is 0.169 e. The van der Waals surface area contributed by atoms with Gasteiger partial charge in [-0.05, 0) is 31.2 Å². The summed E-state index contributed by atoms with van der Waals surface area (Å²) in [6.45, 7) is 1.43. The molecule has 0 saturated carbocycles. The number of aromatic nitrogens is 2. The Balaban J connectivity index is 2.32. The highest BCUT2D eigenvalue weighted by molar-refractivity contribution is 7.16. The van der Waals surface area contributed by atoms with Crippen LogP contribution < -0.4 is 0 Å². The highest BCUT2D eigenvalue weighted by Gasteiger charge is 2.03. The maximum absolute atomic E-state index is 12.6. The summed E-state index contributed by atoms with van der Waals surface area (Å²) in [7, 11) is 0. The van der Waals surface area contributed by atoms with Crippen molar-refractivity contribution in [3.05, 3.63) is 41.3 Å². The van der Waals surface area contributed by atoms with Crippen molar-refractivity contribution in [3.63, 3.8) is 0 Å². The Labute approximate surface area is 91.1 Å². The molecule has 0 unspecified atom stereocenters. The van der Waals surface area contributed by atoms with Gasteiger partial charge in [0.2, 0.25) is 0 Å². The zero-order valence-electron chi connectivity index (χ0n) is 8.14. The molecule has 0 N–H and O–H groups in total. The SMILES string of the molecule is C/C(F)=C\c1ccc(-c2ncccn2)s1. The molecule has 0 aliphatic carbocycles. The standard InChI is InChI=1S/C11H9FN2S/c1-8(12)7-9-3-4-10(15-9)11-13-5-2-6-14-11/h2-7H,1H3/b8-7+. The van der Waals surface area contributed by atoms with Crippen molar-refractivity contribution in [1.29, 1.82) is 0 Å². The van der Waals surface area contributed by atoms with Crippen molar-refractivity contribution in [2.24, 2.45) is 0 Å². The second-order valence-electron chi connectivity index (χ2n) is 3.01. The Morgan fingerprint density at radius 1 is 1.33 bits per heavy atom. The number of thiophene rings is 1. The lowest BCUT2D eigenvalue weighted by molar-refractivity contribution is 0.648. The molecule has 0 bridgehead atoms. The van der Waals surface area contributed by atoms with Gasteiger partial charge in [-0.25, -0.2) is 14.4 Å². The molecule has 2 nitrogen and oxygen atoms in total. The van der Waals surface area contributed by atoms with E-state index in [2.05, 4.69) is 9.97 Å². The molecule has 2 aromatic heterocycles. The van der Waals surface area contributed by atoms with E-state index in [0.29, 0.717) is 5.82 Å². The van der Waals surface area contributed by atoms with E-state index in [9.17, 15) is 4.39 Å². The Hall–Kier alpha value is -1.55. The number of allylic oxidation sites excluding steroid dienone is 1. The number of nitrogens with zero attached hydrogens (tertiary/aromatic N) is 2. The molecule has 2 aromatic rings. The van der Waals surface area contributed by atoms with E-state index in [1.807, 2.05) is 12.1 Å². The van der Waals surface area contributed by atoms with Crippen molar-refractivity contribution in [3.8, 4) is 10.7 Å². The van der Waals surface area contributed by atoms with Gasteiger partial charge in [0.1, 0.15) is 0 Å². The van der Waals surface area contributed by atoms with E-state index in [0.717, 1.165) is 9.75 Å². The van der Waals surface area contributed by atoms with Crippen LogP contribution in [-0.2, 0) is 0 Å². The molecule has 0 fully saturated rings. The van der Waals surface area contributed by atoms with Gasteiger partial charge in [-0.1, -0.05) is 0 Å². The van der Waals surface area contributed by atoms with E-state index in [1.165, 1.54) is 24.3 Å². The van der Waals surface area contributed by atoms with Crippen LogP contribution in [0.15, 0.2) is 36.4 Å². The minimum Gasteiger partial charge on any atom is -0.236 e. The average Bonchev–Trinajstić information content (AvgIpc) is 2.67. The summed E-state index contributed by atoms with van der Waals surface area (Å²) in [5.41, 5.74) is 0. The van der Waals surface area contributed by atoms with Gasteiger partial charge >= 0.3 is 0 Å². The predicted molar refractivity (Wildman–Crippen MR) is 60.1 cm³/mol. The molecule has 0 spiro atoms. The Bertz CT molecular complexity index is 472. The minimum atomic E-state index is -0.197. The maximum atomic E-state index is 12.6. The first-order chi connectivity index (χ1) is 7.25. The summed E-state index contributed by atoms with van der Waals surface area (Å²) < 4.78 is 12.6. The molecule has 2 rings (SSSR count). The fourth-order valence-corrected chi connectivity index (χ4v) is 2.12. The minimum absolute atomic E-state index is 0.197. The van der Waals surface area contributed by atoms with Gasteiger partial charge in [-0.15, -0.1) is 11.3 Å². The molecule has 0 aliphatic rings. The Morgan fingerprint density at radius 3 is 2.73 bits per heavy atom. The van der Waals surface area contributed by atoms with Gasteiger partial charge in [0, 0.05) is 17.3 Å². The van der Waals surface area contributed by atoms with Crippen molar-refractivity contribution < 1.29 is 4.39 Å². The van der Waals surface area contributed by atoms with Crippen LogP contribution in [0.4, 0.5) is 4.39 Å². The quantitative estimate of drug-likeness (QED) is 0.773. The third kappa shape index (κ3) is 2.47. The molecule has 0 aromatic carbocycles. The third-order valence-corrected chi connectivity index (χ3v) is 2.78. The average molecular weight is 220 g/mol. The summed E-state index contributed by atoms with van der Waals surface area (Å²) in [5.74, 6) is 0.482. The number of rotatable bonds is 2. The smallest absolute Gasteiger partial charge is 0.169 e. The summed E-state index contributed by atoms with van der Waals surface area (Å²) in [6.07, 6.45) is 4.88. The molecule has 0 radical (unpaired) electrons. The lowest BCUT2D eigenvalue weighted by atomic mass is 10.4. The van der Waals surface area contributed by atoms with Crippen molar-refractivity contribution in [2.75, 3.05) is 0 Å². The van der Waals surface area contributed by atoms with E-state index >= 15 is 0 Å². The summed E-state index contributed by atoms with van der Waals surface area (Å²) in [4.78, 5) is 10.1. The Kier molecular flexibility index (Phi) is 2.87. The van der Waals surface area contributed by atoms with Crippen molar-refractivity contribution >= 4 is 17.4 Å². The van der Waals surface area contributed by atoms with E-state index in [4.69, 9.17) is 0 Å². The lowest BCUT2D eigenvalue weighted by Crippen LogP contribution is -1.81. The van der Waals surface area contributed by atoms with Crippen LogP contribution in [0, 0.1) is 0 Å². The zero-order chi connectivity index (χ0) is 10.7. The molecule has 15 heavy (non-hydrogen) atoms.